The smallest absolute Gasteiger partial charge is 0.396 e. The van der Waals surface area contributed by atoms with Crippen LogP contribution in [0.2, 0.25) is 0 Å². The normalized spacial score (nSPS) is 11.6. The molecule has 18 heavy (non-hydrogen) atoms. The molecular formula is C12H8F4N2. The van der Waals surface area contributed by atoms with Crippen molar-refractivity contribution in [1.29, 1.82) is 0 Å². The van der Waals surface area contributed by atoms with Crippen molar-refractivity contribution < 1.29 is 17.6 Å². The second-order valence-electron chi connectivity index (χ2n) is 3.70. The molecular weight excluding hydrogens is 248 g/mol. The quantitative estimate of drug-likeness (QED) is 0.626. The van der Waals surface area contributed by atoms with E-state index in [2.05, 4.69) is 4.98 Å². The highest BCUT2D eigenvalue weighted by Crippen LogP contribution is 2.31. The summed E-state index contributed by atoms with van der Waals surface area (Å²) >= 11 is 0. The molecule has 1 heterocycles. The fraction of sp³-hybridized carbons (Fsp3) is 0.0833. The lowest BCUT2D eigenvalue weighted by molar-refractivity contribution is -0.137. The van der Waals surface area contributed by atoms with Gasteiger partial charge in [-0.3, -0.25) is 4.98 Å². The molecule has 1 aromatic carbocycles. The number of nitrogens with zero attached hydrogens (tertiary/aromatic N) is 1. The summed E-state index contributed by atoms with van der Waals surface area (Å²) in [5.74, 6) is -0.676. The Morgan fingerprint density at radius 1 is 1.00 bits per heavy atom. The third kappa shape index (κ3) is 2.42. The van der Waals surface area contributed by atoms with E-state index in [1.54, 1.807) is 0 Å². The van der Waals surface area contributed by atoms with E-state index >= 15 is 0 Å². The summed E-state index contributed by atoms with van der Waals surface area (Å²) in [5, 5.41) is 0. The molecule has 0 spiro atoms. The molecule has 0 radical (unpaired) electrons. The van der Waals surface area contributed by atoms with E-state index in [1.165, 1.54) is 18.3 Å². The predicted molar refractivity (Wildman–Crippen MR) is 59.0 cm³/mol. The lowest BCUT2D eigenvalue weighted by Gasteiger charge is -2.08. The third-order valence-electron chi connectivity index (χ3n) is 2.40. The van der Waals surface area contributed by atoms with Crippen molar-refractivity contribution in [2.24, 2.45) is 0 Å². The van der Waals surface area contributed by atoms with E-state index in [0.717, 1.165) is 18.3 Å². The molecule has 2 aromatic rings. The molecule has 0 amide bonds. The monoisotopic (exact) mass is 256 g/mol. The molecule has 0 aliphatic carbocycles. The van der Waals surface area contributed by atoms with Crippen molar-refractivity contribution in [1.82, 2.24) is 4.98 Å². The number of benzene rings is 1. The zero-order valence-electron chi connectivity index (χ0n) is 9.00. The van der Waals surface area contributed by atoms with Crippen LogP contribution in [0, 0.1) is 5.82 Å². The average molecular weight is 256 g/mol. The lowest BCUT2D eigenvalue weighted by atomic mass is 10.1. The molecule has 0 atom stereocenters. The fourth-order valence-electron chi connectivity index (χ4n) is 1.46. The molecule has 0 saturated carbocycles. The topological polar surface area (TPSA) is 38.9 Å². The Morgan fingerprint density at radius 3 is 2.33 bits per heavy atom. The second kappa shape index (κ2) is 4.29. The van der Waals surface area contributed by atoms with Gasteiger partial charge in [-0.15, -0.1) is 0 Å². The molecule has 0 bridgehead atoms. The Bertz CT molecular complexity index is 579. The summed E-state index contributed by atoms with van der Waals surface area (Å²) in [5.41, 5.74) is 4.84. The third-order valence-corrected chi connectivity index (χ3v) is 2.40. The Balaban J connectivity index is 2.48. The largest absolute Gasteiger partial charge is 0.417 e. The molecule has 2 nitrogen and oxygen atoms in total. The number of hydrogen-bond donors (Lipinski definition) is 1. The molecule has 2 rings (SSSR count). The molecule has 0 unspecified atom stereocenters. The van der Waals surface area contributed by atoms with Crippen LogP contribution < -0.4 is 5.73 Å². The molecule has 0 aliphatic rings. The molecule has 1 aromatic heterocycles. The first-order chi connectivity index (χ1) is 8.38. The van der Waals surface area contributed by atoms with Crippen LogP contribution in [-0.2, 0) is 6.18 Å². The maximum Gasteiger partial charge on any atom is 0.417 e. The van der Waals surface area contributed by atoms with Crippen molar-refractivity contribution in [2.75, 3.05) is 5.73 Å². The van der Waals surface area contributed by atoms with Crippen LogP contribution in [0.5, 0.6) is 0 Å². The van der Waals surface area contributed by atoms with Gasteiger partial charge in [-0.05, 0) is 23.8 Å². The first-order valence-electron chi connectivity index (χ1n) is 4.95. The van der Waals surface area contributed by atoms with Crippen LogP contribution in [0.3, 0.4) is 0 Å². The minimum absolute atomic E-state index is 0.0568. The van der Waals surface area contributed by atoms with Crippen LogP contribution in [0.25, 0.3) is 11.1 Å². The number of halogens is 4. The molecule has 2 N–H and O–H groups in total. The van der Waals surface area contributed by atoms with Crippen LogP contribution in [0.15, 0.2) is 36.7 Å². The van der Waals surface area contributed by atoms with Gasteiger partial charge in [0, 0.05) is 18.0 Å². The zero-order chi connectivity index (χ0) is 13.3. The highest BCUT2D eigenvalue weighted by Gasteiger charge is 2.31. The molecule has 0 fully saturated rings. The van der Waals surface area contributed by atoms with Gasteiger partial charge in [-0.25, -0.2) is 4.39 Å². The number of alkyl halides is 3. The maximum atomic E-state index is 13.2. The highest BCUT2D eigenvalue weighted by atomic mass is 19.4. The van der Waals surface area contributed by atoms with E-state index in [0.29, 0.717) is 5.56 Å². The first kappa shape index (κ1) is 12.3. The van der Waals surface area contributed by atoms with Gasteiger partial charge in [0.05, 0.1) is 11.3 Å². The van der Waals surface area contributed by atoms with Gasteiger partial charge in [0.2, 0.25) is 0 Å². The maximum absolute atomic E-state index is 13.2. The van der Waals surface area contributed by atoms with E-state index in [9.17, 15) is 17.6 Å². The van der Waals surface area contributed by atoms with Crippen LogP contribution in [0.1, 0.15) is 5.56 Å². The Hall–Kier alpha value is -2.11. The fourth-order valence-corrected chi connectivity index (χ4v) is 1.46. The first-order valence-corrected chi connectivity index (χ1v) is 4.95. The van der Waals surface area contributed by atoms with E-state index in [1.807, 2.05) is 0 Å². The summed E-state index contributed by atoms with van der Waals surface area (Å²) in [7, 11) is 0. The van der Waals surface area contributed by atoms with Crippen LogP contribution >= 0.6 is 0 Å². The van der Waals surface area contributed by atoms with Gasteiger partial charge in [-0.2, -0.15) is 13.2 Å². The average Bonchev–Trinajstić information content (AvgIpc) is 2.32. The summed E-state index contributed by atoms with van der Waals surface area (Å²) in [6.07, 6.45) is -2.52. The minimum atomic E-state index is -4.48. The van der Waals surface area contributed by atoms with E-state index in [-0.39, 0.29) is 11.3 Å². The molecule has 0 saturated heterocycles. The minimum Gasteiger partial charge on any atom is -0.396 e. The lowest BCUT2D eigenvalue weighted by Crippen LogP contribution is -2.05. The summed E-state index contributed by atoms with van der Waals surface area (Å²) in [6.45, 7) is 0. The zero-order valence-corrected chi connectivity index (χ0v) is 9.00. The van der Waals surface area contributed by atoms with Gasteiger partial charge in [0.15, 0.2) is 0 Å². The van der Waals surface area contributed by atoms with E-state index < -0.39 is 17.6 Å². The number of aromatic nitrogens is 1. The molecule has 6 heteroatoms. The van der Waals surface area contributed by atoms with Crippen molar-refractivity contribution in [3.63, 3.8) is 0 Å². The van der Waals surface area contributed by atoms with Crippen LogP contribution in [0.4, 0.5) is 23.2 Å². The number of nitrogens with two attached hydrogens (primary N) is 1. The van der Waals surface area contributed by atoms with Crippen LogP contribution in [-0.4, -0.2) is 4.98 Å². The van der Waals surface area contributed by atoms with Crippen molar-refractivity contribution >= 4 is 5.69 Å². The number of nitrogen functional groups attached to an aromatic ring is 1. The molecule has 94 valence electrons. The van der Waals surface area contributed by atoms with Gasteiger partial charge >= 0.3 is 6.18 Å². The Morgan fingerprint density at radius 2 is 1.72 bits per heavy atom. The summed E-state index contributed by atoms with van der Waals surface area (Å²) < 4.78 is 50.7. The predicted octanol–water partition coefficient (Wildman–Crippen LogP) is 3.49. The summed E-state index contributed by atoms with van der Waals surface area (Å²) in [6, 6.07) is 4.73. The Kier molecular flexibility index (Phi) is 2.94. The van der Waals surface area contributed by atoms with Crippen molar-refractivity contribution in [3.05, 3.63) is 48.0 Å². The van der Waals surface area contributed by atoms with Gasteiger partial charge in [-0.1, -0.05) is 6.07 Å². The van der Waals surface area contributed by atoms with Crippen molar-refractivity contribution in [2.45, 2.75) is 6.18 Å². The van der Waals surface area contributed by atoms with Crippen molar-refractivity contribution in [3.8, 4) is 11.1 Å². The number of rotatable bonds is 1. The van der Waals surface area contributed by atoms with Gasteiger partial charge < -0.3 is 5.73 Å². The standard InChI is InChI=1S/C12H8F4N2/c13-10-4-7(1-2-11(10)17)8-3-9(6-18-5-8)12(14,15)16/h1-6H,17H2. The van der Waals surface area contributed by atoms with Gasteiger partial charge in [0.25, 0.3) is 0 Å². The Labute approximate surface area is 100 Å². The second-order valence-corrected chi connectivity index (χ2v) is 3.70. The number of anilines is 1. The number of pyridine rings is 1. The summed E-state index contributed by atoms with van der Waals surface area (Å²) in [4.78, 5) is 3.51. The molecule has 0 aliphatic heterocycles. The van der Waals surface area contributed by atoms with Gasteiger partial charge in [0.1, 0.15) is 5.82 Å². The van der Waals surface area contributed by atoms with E-state index in [4.69, 9.17) is 5.73 Å². The highest BCUT2D eigenvalue weighted by molar-refractivity contribution is 5.65. The number of hydrogen-bond acceptors (Lipinski definition) is 2. The SMILES string of the molecule is Nc1ccc(-c2cncc(C(F)(F)F)c2)cc1F.